The Morgan fingerprint density at radius 2 is 2.18 bits per heavy atom. The number of ether oxygens (including phenoxy) is 1. The molecule has 1 aromatic heterocycles. The summed E-state index contributed by atoms with van der Waals surface area (Å²) in [6, 6.07) is 0.735. The molecule has 1 aliphatic carbocycles. The van der Waals surface area contributed by atoms with Crippen LogP contribution in [0.25, 0.3) is 0 Å². The van der Waals surface area contributed by atoms with Crippen LogP contribution in [0, 0.1) is 0 Å². The molecule has 6 heteroatoms. The smallest absolute Gasteiger partial charge is 0.243 e. The Hall–Kier alpha value is -0.980. The second-order valence-electron chi connectivity index (χ2n) is 6.52. The molecule has 2 heterocycles. The lowest BCUT2D eigenvalue weighted by Gasteiger charge is -2.41. The second-order valence-corrected chi connectivity index (χ2v) is 6.52. The van der Waals surface area contributed by atoms with Crippen molar-refractivity contribution in [3.05, 3.63) is 11.7 Å². The fraction of sp³-hybridized carbons (Fsp3) is 0.875. The highest BCUT2D eigenvalue weighted by Gasteiger charge is 2.32. The standard InChI is InChI=1S/C16H28N4O2/c1-4-21-10-9-19-7-8-20(11-12(19)2)13(3)16-17-15(18-22-16)14-5-6-14/h12-14H,4-11H2,1-3H3/t12-,13+/m0/s1. The van der Waals surface area contributed by atoms with Crippen LogP contribution < -0.4 is 0 Å². The van der Waals surface area contributed by atoms with E-state index in [0.29, 0.717) is 12.0 Å². The van der Waals surface area contributed by atoms with Gasteiger partial charge in [-0.1, -0.05) is 5.16 Å². The highest BCUT2D eigenvalue weighted by molar-refractivity contribution is 5.05. The lowest BCUT2D eigenvalue weighted by molar-refractivity contribution is 0.0290. The Balaban J connectivity index is 1.52. The molecule has 0 amide bonds. The van der Waals surface area contributed by atoms with Crippen LogP contribution in [-0.4, -0.2) is 65.4 Å². The lowest BCUT2D eigenvalue weighted by Crippen LogP contribution is -2.53. The SMILES string of the molecule is CCOCCN1CCN([C@H](C)c2nc(C3CC3)no2)C[C@@H]1C. The molecule has 1 aliphatic heterocycles. The molecule has 22 heavy (non-hydrogen) atoms. The summed E-state index contributed by atoms with van der Waals surface area (Å²) < 4.78 is 11.0. The van der Waals surface area contributed by atoms with E-state index in [0.717, 1.165) is 51.1 Å². The van der Waals surface area contributed by atoms with Crippen molar-refractivity contribution in [1.82, 2.24) is 19.9 Å². The molecular formula is C16H28N4O2. The highest BCUT2D eigenvalue weighted by Crippen LogP contribution is 2.38. The predicted octanol–water partition coefficient (Wildman–Crippen LogP) is 2.05. The monoisotopic (exact) mass is 308 g/mol. The molecule has 124 valence electrons. The Bertz CT molecular complexity index is 474. The van der Waals surface area contributed by atoms with Gasteiger partial charge in [0, 0.05) is 44.7 Å². The zero-order valence-corrected chi connectivity index (χ0v) is 14.0. The third-order valence-corrected chi connectivity index (χ3v) is 4.83. The normalized spacial score (nSPS) is 25.5. The molecule has 1 aromatic rings. The zero-order valence-electron chi connectivity index (χ0n) is 14.0. The first-order chi connectivity index (χ1) is 10.7. The van der Waals surface area contributed by atoms with Gasteiger partial charge in [0.15, 0.2) is 5.82 Å². The number of piperazine rings is 1. The van der Waals surface area contributed by atoms with Crippen LogP contribution in [0.5, 0.6) is 0 Å². The summed E-state index contributed by atoms with van der Waals surface area (Å²) in [5, 5.41) is 4.14. The molecular weight excluding hydrogens is 280 g/mol. The van der Waals surface area contributed by atoms with Gasteiger partial charge in [0.05, 0.1) is 12.6 Å². The van der Waals surface area contributed by atoms with Crippen LogP contribution in [0.15, 0.2) is 4.52 Å². The van der Waals surface area contributed by atoms with Gasteiger partial charge in [0.1, 0.15) is 0 Å². The number of rotatable bonds is 7. The van der Waals surface area contributed by atoms with Crippen molar-refractivity contribution in [1.29, 1.82) is 0 Å². The van der Waals surface area contributed by atoms with Crippen molar-refractivity contribution in [2.75, 3.05) is 39.4 Å². The maximum atomic E-state index is 5.49. The highest BCUT2D eigenvalue weighted by atomic mass is 16.5. The van der Waals surface area contributed by atoms with E-state index in [2.05, 4.69) is 33.8 Å². The van der Waals surface area contributed by atoms with Crippen molar-refractivity contribution in [3.63, 3.8) is 0 Å². The number of aromatic nitrogens is 2. The zero-order chi connectivity index (χ0) is 15.5. The van der Waals surface area contributed by atoms with Gasteiger partial charge >= 0.3 is 0 Å². The first kappa shape index (κ1) is 15.9. The summed E-state index contributed by atoms with van der Waals surface area (Å²) in [5.41, 5.74) is 0. The third kappa shape index (κ3) is 3.67. The minimum atomic E-state index is 0.205. The van der Waals surface area contributed by atoms with E-state index in [1.54, 1.807) is 0 Å². The minimum absolute atomic E-state index is 0.205. The van der Waals surface area contributed by atoms with Gasteiger partial charge < -0.3 is 9.26 Å². The summed E-state index contributed by atoms with van der Waals surface area (Å²) in [6.07, 6.45) is 2.42. The van der Waals surface area contributed by atoms with Crippen molar-refractivity contribution < 1.29 is 9.26 Å². The summed E-state index contributed by atoms with van der Waals surface area (Å²) in [6.45, 7) is 12.3. The maximum absolute atomic E-state index is 5.49. The molecule has 0 N–H and O–H groups in total. The molecule has 1 saturated carbocycles. The van der Waals surface area contributed by atoms with Crippen molar-refractivity contribution in [3.8, 4) is 0 Å². The van der Waals surface area contributed by atoms with Crippen LogP contribution in [0.1, 0.15) is 57.3 Å². The van der Waals surface area contributed by atoms with Gasteiger partial charge in [-0.25, -0.2) is 0 Å². The lowest BCUT2D eigenvalue weighted by atomic mass is 10.1. The molecule has 0 spiro atoms. The predicted molar refractivity (Wildman–Crippen MR) is 83.8 cm³/mol. The molecule has 2 atom stereocenters. The van der Waals surface area contributed by atoms with Crippen molar-refractivity contribution in [2.45, 2.75) is 51.6 Å². The number of hydrogen-bond donors (Lipinski definition) is 0. The third-order valence-electron chi connectivity index (χ3n) is 4.83. The van der Waals surface area contributed by atoms with E-state index in [1.165, 1.54) is 12.8 Å². The molecule has 2 fully saturated rings. The van der Waals surface area contributed by atoms with Crippen LogP contribution >= 0.6 is 0 Å². The summed E-state index contributed by atoms with van der Waals surface area (Å²) >= 11 is 0. The average molecular weight is 308 g/mol. The molecule has 0 bridgehead atoms. The van der Waals surface area contributed by atoms with E-state index in [9.17, 15) is 0 Å². The summed E-state index contributed by atoms with van der Waals surface area (Å²) in [7, 11) is 0. The topological polar surface area (TPSA) is 54.6 Å². The maximum Gasteiger partial charge on any atom is 0.243 e. The van der Waals surface area contributed by atoms with Crippen molar-refractivity contribution in [2.24, 2.45) is 0 Å². The number of hydrogen-bond acceptors (Lipinski definition) is 6. The molecule has 2 aliphatic rings. The van der Waals surface area contributed by atoms with Crippen LogP contribution in [0.4, 0.5) is 0 Å². The molecule has 0 radical (unpaired) electrons. The summed E-state index contributed by atoms with van der Waals surface area (Å²) in [4.78, 5) is 9.55. The first-order valence-corrected chi connectivity index (χ1v) is 8.58. The molecule has 3 rings (SSSR count). The van der Waals surface area contributed by atoms with E-state index < -0.39 is 0 Å². The van der Waals surface area contributed by atoms with Gasteiger partial charge in [-0.3, -0.25) is 9.80 Å². The Morgan fingerprint density at radius 3 is 2.86 bits per heavy atom. The largest absolute Gasteiger partial charge is 0.380 e. The molecule has 0 aromatic carbocycles. The van der Waals surface area contributed by atoms with Gasteiger partial charge in [0.2, 0.25) is 5.89 Å². The average Bonchev–Trinajstić information content (AvgIpc) is 3.26. The van der Waals surface area contributed by atoms with Crippen molar-refractivity contribution >= 4 is 0 Å². The van der Waals surface area contributed by atoms with Crippen LogP contribution in [0.2, 0.25) is 0 Å². The fourth-order valence-corrected chi connectivity index (χ4v) is 3.11. The first-order valence-electron chi connectivity index (χ1n) is 8.58. The van der Waals surface area contributed by atoms with E-state index in [-0.39, 0.29) is 6.04 Å². The Morgan fingerprint density at radius 1 is 1.36 bits per heavy atom. The van der Waals surface area contributed by atoms with E-state index in [1.807, 2.05) is 6.92 Å². The van der Waals surface area contributed by atoms with Gasteiger partial charge in [-0.2, -0.15) is 4.98 Å². The molecule has 0 unspecified atom stereocenters. The Labute approximate surface area is 132 Å². The van der Waals surface area contributed by atoms with E-state index >= 15 is 0 Å². The second kappa shape index (κ2) is 7.06. The van der Waals surface area contributed by atoms with E-state index in [4.69, 9.17) is 9.26 Å². The minimum Gasteiger partial charge on any atom is -0.380 e. The molecule has 6 nitrogen and oxygen atoms in total. The molecule has 1 saturated heterocycles. The summed E-state index contributed by atoms with van der Waals surface area (Å²) in [5.74, 6) is 2.24. The van der Waals surface area contributed by atoms with Crippen LogP contribution in [-0.2, 0) is 4.74 Å². The van der Waals surface area contributed by atoms with Gasteiger partial charge in [0.25, 0.3) is 0 Å². The van der Waals surface area contributed by atoms with Gasteiger partial charge in [-0.05, 0) is 33.6 Å². The fourth-order valence-electron chi connectivity index (χ4n) is 3.11. The quantitative estimate of drug-likeness (QED) is 0.719. The van der Waals surface area contributed by atoms with Gasteiger partial charge in [-0.15, -0.1) is 0 Å². The van der Waals surface area contributed by atoms with Crippen LogP contribution in [0.3, 0.4) is 0 Å². The Kier molecular flexibility index (Phi) is 5.10. The number of nitrogens with zero attached hydrogens (tertiary/aromatic N) is 4.